The number of carbonyl (C=O) groups excluding carboxylic acids is 1. The minimum Gasteiger partial charge on any atom is -0.370 e. The molecule has 0 spiro atoms. The Morgan fingerprint density at radius 3 is 2.52 bits per heavy atom. The van der Waals surface area contributed by atoms with Gasteiger partial charge in [-0.05, 0) is 31.9 Å². The van der Waals surface area contributed by atoms with E-state index in [1.54, 1.807) is 0 Å². The summed E-state index contributed by atoms with van der Waals surface area (Å²) in [5, 5.41) is 3.04. The van der Waals surface area contributed by atoms with E-state index in [0.29, 0.717) is 6.04 Å². The molecular weight excluding hydrogens is 262 g/mol. The fraction of sp³-hybridized carbons (Fsp3) is 0.588. The summed E-state index contributed by atoms with van der Waals surface area (Å²) in [7, 11) is 2.12. The molecule has 0 bridgehead atoms. The van der Waals surface area contributed by atoms with Crippen molar-refractivity contribution in [1.29, 1.82) is 0 Å². The lowest BCUT2D eigenvalue weighted by Crippen LogP contribution is -2.35. The standard InChI is InChI=1S/C17H27N3O/c1-12(13(2)18)17(21)19-15-10-6-7-11-16(15)20(3)14-8-4-5-9-14/h6-7,10-14H,4-5,8-9,18H2,1-3H3,(H,19,21). The van der Waals surface area contributed by atoms with E-state index in [-0.39, 0.29) is 17.9 Å². The number of nitrogens with zero attached hydrogens (tertiary/aromatic N) is 1. The summed E-state index contributed by atoms with van der Waals surface area (Å²) in [4.78, 5) is 14.5. The topological polar surface area (TPSA) is 58.4 Å². The Morgan fingerprint density at radius 1 is 1.29 bits per heavy atom. The maximum Gasteiger partial charge on any atom is 0.228 e. The van der Waals surface area contributed by atoms with Gasteiger partial charge in [-0.3, -0.25) is 4.79 Å². The minimum absolute atomic E-state index is 0.0164. The van der Waals surface area contributed by atoms with Crippen LogP contribution >= 0.6 is 0 Å². The van der Waals surface area contributed by atoms with Gasteiger partial charge in [0.2, 0.25) is 5.91 Å². The summed E-state index contributed by atoms with van der Waals surface area (Å²) < 4.78 is 0. The van der Waals surface area contributed by atoms with Crippen LogP contribution in [0.1, 0.15) is 39.5 Å². The molecule has 4 heteroatoms. The molecule has 3 N–H and O–H groups in total. The minimum atomic E-state index is -0.199. The van der Waals surface area contributed by atoms with Crippen LogP contribution in [0, 0.1) is 5.92 Å². The molecule has 1 saturated carbocycles. The molecule has 2 atom stereocenters. The maximum atomic E-state index is 12.2. The molecule has 1 fully saturated rings. The normalized spacial score (nSPS) is 18.3. The van der Waals surface area contributed by atoms with Crippen molar-refractivity contribution >= 4 is 17.3 Å². The molecule has 0 saturated heterocycles. The number of para-hydroxylation sites is 2. The van der Waals surface area contributed by atoms with E-state index in [4.69, 9.17) is 5.73 Å². The summed E-state index contributed by atoms with van der Waals surface area (Å²) >= 11 is 0. The number of rotatable bonds is 5. The highest BCUT2D eigenvalue weighted by Gasteiger charge is 2.23. The van der Waals surface area contributed by atoms with E-state index >= 15 is 0 Å². The number of amides is 1. The number of nitrogens with one attached hydrogen (secondary N) is 1. The second-order valence-electron chi connectivity index (χ2n) is 6.20. The largest absolute Gasteiger partial charge is 0.370 e. The van der Waals surface area contributed by atoms with Crippen molar-refractivity contribution in [3.8, 4) is 0 Å². The van der Waals surface area contributed by atoms with E-state index in [2.05, 4.69) is 23.3 Å². The van der Waals surface area contributed by atoms with Crippen LogP contribution in [0.4, 0.5) is 11.4 Å². The number of carbonyl (C=O) groups is 1. The van der Waals surface area contributed by atoms with Gasteiger partial charge in [0, 0.05) is 19.1 Å². The Balaban J connectivity index is 2.14. The number of anilines is 2. The molecule has 1 aromatic rings. The third kappa shape index (κ3) is 3.76. The van der Waals surface area contributed by atoms with E-state index in [9.17, 15) is 4.79 Å². The average Bonchev–Trinajstić information content (AvgIpc) is 3.00. The quantitative estimate of drug-likeness (QED) is 0.876. The van der Waals surface area contributed by atoms with Gasteiger partial charge in [0.05, 0.1) is 17.3 Å². The lowest BCUT2D eigenvalue weighted by molar-refractivity contribution is -0.119. The predicted octanol–water partition coefficient (Wildman–Crippen LogP) is 2.99. The first-order valence-electron chi connectivity index (χ1n) is 7.89. The molecular formula is C17H27N3O. The lowest BCUT2D eigenvalue weighted by atomic mass is 10.0. The summed E-state index contributed by atoms with van der Waals surface area (Å²) in [6.07, 6.45) is 5.06. The van der Waals surface area contributed by atoms with E-state index < -0.39 is 0 Å². The van der Waals surface area contributed by atoms with Gasteiger partial charge in [0.15, 0.2) is 0 Å². The van der Waals surface area contributed by atoms with E-state index in [0.717, 1.165) is 11.4 Å². The van der Waals surface area contributed by atoms with Crippen molar-refractivity contribution in [3.63, 3.8) is 0 Å². The molecule has 0 aromatic heterocycles. The highest BCUT2D eigenvalue weighted by molar-refractivity contribution is 5.96. The van der Waals surface area contributed by atoms with Gasteiger partial charge >= 0.3 is 0 Å². The zero-order chi connectivity index (χ0) is 15.4. The molecule has 0 aliphatic heterocycles. The molecule has 116 valence electrons. The monoisotopic (exact) mass is 289 g/mol. The Morgan fingerprint density at radius 2 is 1.90 bits per heavy atom. The SMILES string of the molecule is CC(N)C(C)C(=O)Nc1ccccc1N(C)C1CCCC1. The number of nitrogens with two attached hydrogens (primary N) is 1. The summed E-state index contributed by atoms with van der Waals surface area (Å²) in [5.74, 6) is -0.216. The van der Waals surface area contributed by atoms with Crippen LogP contribution in [0.5, 0.6) is 0 Å². The number of hydrogen-bond acceptors (Lipinski definition) is 3. The van der Waals surface area contributed by atoms with Gasteiger partial charge < -0.3 is 16.0 Å². The molecule has 1 amide bonds. The van der Waals surface area contributed by atoms with Crippen LogP contribution < -0.4 is 16.0 Å². The second kappa shape index (κ2) is 6.94. The molecule has 4 nitrogen and oxygen atoms in total. The summed E-state index contributed by atoms with van der Waals surface area (Å²) in [6, 6.07) is 8.44. The Kier molecular flexibility index (Phi) is 5.23. The van der Waals surface area contributed by atoms with Crippen molar-refractivity contribution in [2.45, 2.75) is 51.6 Å². The van der Waals surface area contributed by atoms with Gasteiger partial charge in [0.25, 0.3) is 0 Å². The van der Waals surface area contributed by atoms with Crippen molar-refractivity contribution in [2.75, 3.05) is 17.3 Å². The van der Waals surface area contributed by atoms with Crippen molar-refractivity contribution in [3.05, 3.63) is 24.3 Å². The number of hydrogen-bond donors (Lipinski definition) is 2. The molecule has 1 aromatic carbocycles. The smallest absolute Gasteiger partial charge is 0.228 e. The van der Waals surface area contributed by atoms with Gasteiger partial charge in [-0.2, -0.15) is 0 Å². The molecule has 1 aliphatic rings. The predicted molar refractivity (Wildman–Crippen MR) is 88.5 cm³/mol. The van der Waals surface area contributed by atoms with Crippen LogP contribution in [0.15, 0.2) is 24.3 Å². The van der Waals surface area contributed by atoms with Crippen LogP contribution in [0.2, 0.25) is 0 Å². The molecule has 2 rings (SSSR count). The number of benzene rings is 1. The molecule has 2 unspecified atom stereocenters. The van der Waals surface area contributed by atoms with Crippen LogP contribution in [0.25, 0.3) is 0 Å². The second-order valence-corrected chi connectivity index (χ2v) is 6.20. The average molecular weight is 289 g/mol. The molecule has 0 radical (unpaired) electrons. The van der Waals surface area contributed by atoms with Crippen molar-refractivity contribution < 1.29 is 4.79 Å². The molecule has 21 heavy (non-hydrogen) atoms. The Bertz CT molecular complexity index is 481. The van der Waals surface area contributed by atoms with E-state index in [1.165, 1.54) is 25.7 Å². The van der Waals surface area contributed by atoms with Gasteiger partial charge in [-0.15, -0.1) is 0 Å². The third-order valence-electron chi connectivity index (χ3n) is 4.62. The highest BCUT2D eigenvalue weighted by atomic mass is 16.1. The maximum absolute atomic E-state index is 12.2. The van der Waals surface area contributed by atoms with Gasteiger partial charge in [0.1, 0.15) is 0 Å². The van der Waals surface area contributed by atoms with Crippen LogP contribution in [-0.4, -0.2) is 25.0 Å². The molecule has 1 aliphatic carbocycles. The van der Waals surface area contributed by atoms with Crippen LogP contribution in [-0.2, 0) is 4.79 Å². The first-order chi connectivity index (χ1) is 10.0. The molecule has 0 heterocycles. The fourth-order valence-corrected chi connectivity index (χ4v) is 2.86. The first kappa shape index (κ1) is 15.8. The third-order valence-corrected chi connectivity index (χ3v) is 4.62. The summed E-state index contributed by atoms with van der Waals surface area (Å²) in [5.41, 5.74) is 7.79. The fourth-order valence-electron chi connectivity index (χ4n) is 2.86. The van der Waals surface area contributed by atoms with Gasteiger partial charge in [-0.1, -0.05) is 31.9 Å². The lowest BCUT2D eigenvalue weighted by Gasteiger charge is -2.29. The Labute approximate surface area is 127 Å². The van der Waals surface area contributed by atoms with Crippen LogP contribution in [0.3, 0.4) is 0 Å². The van der Waals surface area contributed by atoms with Crippen molar-refractivity contribution in [2.24, 2.45) is 11.7 Å². The van der Waals surface area contributed by atoms with Crippen molar-refractivity contribution in [1.82, 2.24) is 0 Å². The van der Waals surface area contributed by atoms with E-state index in [1.807, 2.05) is 32.0 Å². The zero-order valence-electron chi connectivity index (χ0n) is 13.3. The van der Waals surface area contributed by atoms with Gasteiger partial charge in [-0.25, -0.2) is 0 Å². The first-order valence-corrected chi connectivity index (χ1v) is 7.89. The highest BCUT2D eigenvalue weighted by Crippen LogP contribution is 2.32. The Hall–Kier alpha value is -1.55. The summed E-state index contributed by atoms with van der Waals surface area (Å²) in [6.45, 7) is 3.73. The zero-order valence-corrected chi connectivity index (χ0v) is 13.3.